The molecule has 1 rings (SSSR count). The zero-order valence-electron chi connectivity index (χ0n) is 10.4. The Balaban J connectivity index is 2.59. The fraction of sp³-hybridized carbons (Fsp3) is 0.462. The monoisotopic (exact) mass is 270 g/mol. The zero-order valence-corrected chi connectivity index (χ0v) is 11.2. The molecule has 0 spiro atoms. The summed E-state index contributed by atoms with van der Waals surface area (Å²) in [4.78, 5) is 11.9. The van der Waals surface area contributed by atoms with Crippen LogP contribution in [0.5, 0.6) is 0 Å². The van der Waals surface area contributed by atoms with Gasteiger partial charge < -0.3 is 16.2 Å². The lowest BCUT2D eigenvalue weighted by Crippen LogP contribution is -2.29. The van der Waals surface area contributed by atoms with Crippen LogP contribution in [0.15, 0.2) is 18.2 Å². The first-order valence-electron chi connectivity index (χ1n) is 6.02. The number of benzene rings is 1. The Hall–Kier alpha value is -1.26. The van der Waals surface area contributed by atoms with E-state index in [0.717, 1.165) is 6.42 Å². The molecule has 4 N–H and O–H groups in total. The average molecular weight is 271 g/mol. The molecule has 0 saturated carbocycles. The van der Waals surface area contributed by atoms with Gasteiger partial charge in [-0.25, -0.2) is 0 Å². The minimum atomic E-state index is -0.194. The topological polar surface area (TPSA) is 75.3 Å². The van der Waals surface area contributed by atoms with Gasteiger partial charge in [0.15, 0.2) is 0 Å². The lowest BCUT2D eigenvalue weighted by atomic mass is 10.0. The maximum absolute atomic E-state index is 11.9. The molecular formula is C13H19ClN2O2. The maximum atomic E-state index is 11.9. The van der Waals surface area contributed by atoms with Crippen LogP contribution >= 0.6 is 11.6 Å². The van der Waals surface area contributed by atoms with Crippen LogP contribution in [0.1, 0.15) is 30.1 Å². The first-order chi connectivity index (χ1) is 8.56. The standard InChI is InChI=1S/C13H19ClN2O2/c1-2-9(3-4-17)8-16-13(18)10-5-11(14)7-12(15)6-10/h5-7,9,17H,2-4,8,15H2,1H3,(H,16,18). The number of hydrogen-bond donors (Lipinski definition) is 3. The number of amides is 1. The fourth-order valence-electron chi connectivity index (χ4n) is 1.72. The maximum Gasteiger partial charge on any atom is 0.251 e. The smallest absolute Gasteiger partial charge is 0.251 e. The SMILES string of the molecule is CCC(CCO)CNC(=O)c1cc(N)cc(Cl)c1. The predicted octanol–water partition coefficient (Wildman–Crippen LogP) is 2.06. The van der Waals surface area contributed by atoms with Crippen molar-refractivity contribution in [1.29, 1.82) is 0 Å². The highest BCUT2D eigenvalue weighted by Gasteiger charge is 2.10. The van der Waals surface area contributed by atoms with Crippen LogP contribution in [-0.2, 0) is 0 Å². The molecular weight excluding hydrogens is 252 g/mol. The second-order valence-electron chi connectivity index (χ2n) is 4.27. The van der Waals surface area contributed by atoms with Crippen molar-refractivity contribution in [2.75, 3.05) is 18.9 Å². The molecule has 0 heterocycles. The third-order valence-electron chi connectivity index (χ3n) is 2.85. The summed E-state index contributed by atoms with van der Waals surface area (Å²) in [6.45, 7) is 2.71. The molecule has 1 aromatic carbocycles. The minimum Gasteiger partial charge on any atom is -0.399 e. The quantitative estimate of drug-likeness (QED) is 0.693. The van der Waals surface area contributed by atoms with Crippen LogP contribution in [0.2, 0.25) is 5.02 Å². The lowest BCUT2D eigenvalue weighted by molar-refractivity contribution is 0.0943. The molecule has 5 heteroatoms. The van der Waals surface area contributed by atoms with Gasteiger partial charge in [0.1, 0.15) is 0 Å². The third kappa shape index (κ3) is 4.55. The van der Waals surface area contributed by atoms with Crippen molar-refractivity contribution in [2.24, 2.45) is 5.92 Å². The summed E-state index contributed by atoms with van der Waals surface area (Å²) in [7, 11) is 0. The zero-order chi connectivity index (χ0) is 13.5. The number of aliphatic hydroxyl groups excluding tert-OH is 1. The number of aliphatic hydroxyl groups is 1. The summed E-state index contributed by atoms with van der Waals surface area (Å²) >= 11 is 5.84. The Morgan fingerprint density at radius 3 is 2.78 bits per heavy atom. The number of carbonyl (C=O) groups is 1. The predicted molar refractivity (Wildman–Crippen MR) is 73.7 cm³/mol. The molecule has 0 bridgehead atoms. The van der Waals surface area contributed by atoms with E-state index < -0.39 is 0 Å². The van der Waals surface area contributed by atoms with E-state index in [1.807, 2.05) is 6.92 Å². The second-order valence-corrected chi connectivity index (χ2v) is 4.71. The van der Waals surface area contributed by atoms with Crippen molar-refractivity contribution in [3.05, 3.63) is 28.8 Å². The number of hydrogen-bond acceptors (Lipinski definition) is 3. The van der Waals surface area contributed by atoms with E-state index in [9.17, 15) is 4.79 Å². The Bertz CT molecular complexity index is 390. The Morgan fingerprint density at radius 1 is 1.50 bits per heavy atom. The van der Waals surface area contributed by atoms with Gasteiger partial charge in [-0.1, -0.05) is 24.9 Å². The first-order valence-corrected chi connectivity index (χ1v) is 6.39. The van der Waals surface area contributed by atoms with Gasteiger partial charge in [-0.15, -0.1) is 0 Å². The van der Waals surface area contributed by atoms with Gasteiger partial charge in [0.2, 0.25) is 0 Å². The fourth-order valence-corrected chi connectivity index (χ4v) is 1.96. The van der Waals surface area contributed by atoms with Crippen LogP contribution in [0.3, 0.4) is 0 Å². The van der Waals surface area contributed by atoms with Crippen LogP contribution in [0, 0.1) is 5.92 Å². The van der Waals surface area contributed by atoms with Gasteiger partial charge in [0.05, 0.1) is 0 Å². The van der Waals surface area contributed by atoms with Crippen molar-refractivity contribution in [3.8, 4) is 0 Å². The van der Waals surface area contributed by atoms with Gasteiger partial charge >= 0.3 is 0 Å². The summed E-state index contributed by atoms with van der Waals surface area (Å²) in [5.41, 5.74) is 6.55. The van der Waals surface area contributed by atoms with E-state index in [1.54, 1.807) is 18.2 Å². The molecule has 18 heavy (non-hydrogen) atoms. The molecule has 0 aliphatic carbocycles. The molecule has 0 aliphatic heterocycles. The van der Waals surface area contributed by atoms with Gasteiger partial charge in [0, 0.05) is 29.4 Å². The molecule has 4 nitrogen and oxygen atoms in total. The highest BCUT2D eigenvalue weighted by Crippen LogP contribution is 2.16. The third-order valence-corrected chi connectivity index (χ3v) is 3.07. The Morgan fingerprint density at radius 2 is 2.22 bits per heavy atom. The van der Waals surface area contributed by atoms with Gasteiger partial charge in [-0.2, -0.15) is 0 Å². The Kier molecular flexibility index (Phi) is 5.95. The summed E-state index contributed by atoms with van der Waals surface area (Å²) in [6.07, 6.45) is 1.60. The van der Waals surface area contributed by atoms with Crippen molar-refractivity contribution >= 4 is 23.2 Å². The molecule has 0 saturated heterocycles. The molecule has 1 amide bonds. The molecule has 0 aromatic heterocycles. The summed E-state index contributed by atoms with van der Waals surface area (Å²) in [5, 5.41) is 12.1. The van der Waals surface area contributed by atoms with Crippen molar-refractivity contribution < 1.29 is 9.90 Å². The van der Waals surface area contributed by atoms with Crippen LogP contribution in [0.25, 0.3) is 0 Å². The van der Waals surface area contributed by atoms with Crippen molar-refractivity contribution in [3.63, 3.8) is 0 Å². The van der Waals surface area contributed by atoms with E-state index in [2.05, 4.69) is 5.32 Å². The van der Waals surface area contributed by atoms with Crippen molar-refractivity contribution in [1.82, 2.24) is 5.32 Å². The number of carbonyl (C=O) groups excluding carboxylic acids is 1. The second kappa shape index (κ2) is 7.24. The number of anilines is 1. The first kappa shape index (κ1) is 14.8. The number of nitrogens with one attached hydrogen (secondary N) is 1. The number of nitrogens with two attached hydrogens (primary N) is 1. The van der Waals surface area contributed by atoms with Crippen molar-refractivity contribution in [2.45, 2.75) is 19.8 Å². The number of halogens is 1. The number of nitrogen functional groups attached to an aromatic ring is 1. The summed E-state index contributed by atoms with van der Waals surface area (Å²) < 4.78 is 0. The van der Waals surface area contributed by atoms with Gasteiger partial charge in [0.25, 0.3) is 5.91 Å². The van der Waals surface area contributed by atoms with E-state index in [1.165, 1.54) is 0 Å². The van der Waals surface area contributed by atoms with Gasteiger partial charge in [-0.3, -0.25) is 4.79 Å². The minimum absolute atomic E-state index is 0.137. The molecule has 0 aliphatic rings. The Labute approximate surface area is 112 Å². The van der Waals surface area contributed by atoms with E-state index in [-0.39, 0.29) is 18.4 Å². The van der Waals surface area contributed by atoms with E-state index in [4.69, 9.17) is 22.4 Å². The normalized spacial score (nSPS) is 12.2. The lowest BCUT2D eigenvalue weighted by Gasteiger charge is -2.14. The van der Waals surface area contributed by atoms with Crippen LogP contribution in [-0.4, -0.2) is 24.2 Å². The summed E-state index contributed by atoms with van der Waals surface area (Å²) in [5.74, 6) is 0.0936. The summed E-state index contributed by atoms with van der Waals surface area (Å²) in [6, 6.07) is 4.77. The highest BCUT2D eigenvalue weighted by molar-refractivity contribution is 6.31. The molecule has 1 unspecified atom stereocenters. The largest absolute Gasteiger partial charge is 0.399 e. The van der Waals surface area contributed by atoms with E-state index >= 15 is 0 Å². The molecule has 0 fully saturated rings. The number of rotatable bonds is 6. The van der Waals surface area contributed by atoms with Gasteiger partial charge in [-0.05, 0) is 30.5 Å². The molecule has 0 radical (unpaired) electrons. The van der Waals surface area contributed by atoms with Crippen LogP contribution < -0.4 is 11.1 Å². The molecule has 100 valence electrons. The van der Waals surface area contributed by atoms with E-state index in [0.29, 0.717) is 29.2 Å². The molecule has 1 aromatic rings. The average Bonchev–Trinajstić information content (AvgIpc) is 2.32. The van der Waals surface area contributed by atoms with Crippen LogP contribution in [0.4, 0.5) is 5.69 Å². The highest BCUT2D eigenvalue weighted by atomic mass is 35.5. The molecule has 1 atom stereocenters.